The number of benzene rings is 1. The second-order valence-corrected chi connectivity index (χ2v) is 5.21. The van der Waals surface area contributed by atoms with Crippen LogP contribution >= 0.6 is 0 Å². The van der Waals surface area contributed by atoms with Crippen molar-refractivity contribution in [1.82, 2.24) is 4.90 Å². The number of aliphatic hydroxyl groups excluding tert-OH is 1. The summed E-state index contributed by atoms with van der Waals surface area (Å²) in [5, 5.41) is 18.3. The molecular formula is C15H19FN2O. The molecule has 2 rings (SSSR count). The Labute approximate surface area is 113 Å². The lowest BCUT2D eigenvalue weighted by Crippen LogP contribution is -2.46. The number of likely N-dealkylation sites (tertiary alicyclic amines) is 1. The van der Waals surface area contributed by atoms with Crippen LogP contribution in [0.25, 0.3) is 0 Å². The topological polar surface area (TPSA) is 47.3 Å². The average molecular weight is 262 g/mol. The minimum Gasteiger partial charge on any atom is -0.395 e. The molecule has 0 amide bonds. The van der Waals surface area contributed by atoms with Gasteiger partial charge in [0.05, 0.1) is 12.2 Å². The van der Waals surface area contributed by atoms with Gasteiger partial charge in [0.1, 0.15) is 11.9 Å². The van der Waals surface area contributed by atoms with Crippen molar-refractivity contribution >= 4 is 0 Å². The zero-order chi connectivity index (χ0) is 13.8. The van der Waals surface area contributed by atoms with Gasteiger partial charge in [0.15, 0.2) is 0 Å². The molecular weight excluding hydrogens is 243 g/mol. The van der Waals surface area contributed by atoms with Gasteiger partial charge in [-0.05, 0) is 37.5 Å². The number of rotatable bonds is 3. The Morgan fingerprint density at radius 3 is 2.95 bits per heavy atom. The van der Waals surface area contributed by atoms with Gasteiger partial charge in [-0.25, -0.2) is 4.39 Å². The summed E-state index contributed by atoms with van der Waals surface area (Å²) in [6.07, 6.45) is 3.24. The fraction of sp³-hybridized carbons (Fsp3) is 0.533. The highest BCUT2D eigenvalue weighted by Crippen LogP contribution is 2.25. The van der Waals surface area contributed by atoms with Gasteiger partial charge in [-0.15, -0.1) is 0 Å². The largest absolute Gasteiger partial charge is 0.395 e. The van der Waals surface area contributed by atoms with E-state index < -0.39 is 5.82 Å². The lowest BCUT2D eigenvalue weighted by Gasteiger charge is -2.40. The fourth-order valence-corrected chi connectivity index (χ4v) is 2.79. The lowest BCUT2D eigenvalue weighted by molar-refractivity contribution is 0.0451. The average Bonchev–Trinajstić information content (AvgIpc) is 2.43. The van der Waals surface area contributed by atoms with E-state index in [-0.39, 0.29) is 18.2 Å². The molecule has 1 aromatic carbocycles. The van der Waals surface area contributed by atoms with Crippen molar-refractivity contribution in [1.29, 1.82) is 5.26 Å². The monoisotopic (exact) mass is 262 g/mol. The number of hydrogen-bond donors (Lipinski definition) is 1. The Morgan fingerprint density at radius 2 is 2.26 bits per heavy atom. The molecule has 0 aliphatic carbocycles. The Balaban J connectivity index is 2.17. The summed E-state index contributed by atoms with van der Waals surface area (Å²) >= 11 is 0. The molecule has 0 saturated carbocycles. The highest BCUT2D eigenvalue weighted by atomic mass is 19.1. The van der Waals surface area contributed by atoms with E-state index in [0.717, 1.165) is 24.8 Å². The van der Waals surface area contributed by atoms with Gasteiger partial charge < -0.3 is 5.11 Å². The molecule has 102 valence electrons. The summed E-state index contributed by atoms with van der Waals surface area (Å²) in [6, 6.07) is 7.10. The molecule has 1 aliphatic heterocycles. The second kappa shape index (κ2) is 6.14. The molecule has 3 nitrogen and oxygen atoms in total. The quantitative estimate of drug-likeness (QED) is 0.910. The Bertz CT molecular complexity index is 484. The molecule has 0 spiro atoms. The van der Waals surface area contributed by atoms with Crippen molar-refractivity contribution in [2.75, 3.05) is 6.61 Å². The predicted octanol–water partition coefficient (Wildman–Crippen LogP) is 2.43. The van der Waals surface area contributed by atoms with Crippen LogP contribution in [0.15, 0.2) is 18.2 Å². The summed E-state index contributed by atoms with van der Waals surface area (Å²) in [4.78, 5) is 2.25. The van der Waals surface area contributed by atoms with Crippen molar-refractivity contribution in [2.24, 2.45) is 0 Å². The van der Waals surface area contributed by atoms with Gasteiger partial charge in [0.25, 0.3) is 0 Å². The van der Waals surface area contributed by atoms with Crippen LogP contribution in [-0.4, -0.2) is 28.7 Å². The van der Waals surface area contributed by atoms with E-state index in [1.807, 2.05) is 6.07 Å². The van der Waals surface area contributed by atoms with Crippen LogP contribution in [0, 0.1) is 17.1 Å². The molecule has 0 unspecified atom stereocenters. The Morgan fingerprint density at radius 1 is 1.47 bits per heavy atom. The number of hydrogen-bond acceptors (Lipinski definition) is 3. The minimum atomic E-state index is -0.475. The molecule has 4 heteroatoms. The molecule has 1 fully saturated rings. The van der Waals surface area contributed by atoms with Gasteiger partial charge in [-0.3, -0.25) is 4.90 Å². The standard InChI is InChI=1S/C15H19FN2O/c1-11-3-2-4-14(10-19)18(11)9-12-5-6-15(16)13(7-12)8-17/h5-7,11,14,19H,2-4,9-10H2,1H3/t11-,14-/m0/s1. The Hall–Kier alpha value is -1.44. The molecule has 0 radical (unpaired) electrons. The summed E-state index contributed by atoms with van der Waals surface area (Å²) in [7, 11) is 0. The number of piperidine rings is 1. The van der Waals surface area contributed by atoms with Crippen LogP contribution in [0.2, 0.25) is 0 Å². The first-order valence-corrected chi connectivity index (χ1v) is 6.71. The van der Waals surface area contributed by atoms with E-state index in [4.69, 9.17) is 5.26 Å². The molecule has 1 N–H and O–H groups in total. The van der Waals surface area contributed by atoms with Crippen molar-refractivity contribution in [3.05, 3.63) is 35.1 Å². The first-order valence-electron chi connectivity index (χ1n) is 6.71. The minimum absolute atomic E-state index is 0.0858. The van der Waals surface area contributed by atoms with Crippen LogP contribution in [-0.2, 0) is 6.54 Å². The molecule has 0 bridgehead atoms. The van der Waals surface area contributed by atoms with Crippen LogP contribution in [0.1, 0.15) is 37.3 Å². The van der Waals surface area contributed by atoms with E-state index in [9.17, 15) is 9.50 Å². The zero-order valence-electron chi connectivity index (χ0n) is 11.1. The van der Waals surface area contributed by atoms with Gasteiger partial charge in [0, 0.05) is 18.6 Å². The summed E-state index contributed by atoms with van der Waals surface area (Å²) in [6.45, 7) is 2.95. The van der Waals surface area contributed by atoms with Gasteiger partial charge in [0.2, 0.25) is 0 Å². The molecule has 0 aromatic heterocycles. The van der Waals surface area contributed by atoms with Gasteiger partial charge >= 0.3 is 0 Å². The predicted molar refractivity (Wildman–Crippen MR) is 70.8 cm³/mol. The third kappa shape index (κ3) is 3.12. The highest BCUT2D eigenvalue weighted by Gasteiger charge is 2.27. The van der Waals surface area contributed by atoms with E-state index in [1.165, 1.54) is 6.07 Å². The molecule has 1 heterocycles. The van der Waals surface area contributed by atoms with Gasteiger partial charge in [-0.2, -0.15) is 5.26 Å². The van der Waals surface area contributed by atoms with Crippen LogP contribution in [0.5, 0.6) is 0 Å². The molecule has 19 heavy (non-hydrogen) atoms. The summed E-state index contributed by atoms with van der Waals surface area (Å²) in [5.41, 5.74) is 1.01. The normalized spacial score (nSPS) is 24.1. The van der Waals surface area contributed by atoms with E-state index >= 15 is 0 Å². The third-order valence-corrected chi connectivity index (χ3v) is 3.92. The fourth-order valence-electron chi connectivity index (χ4n) is 2.79. The van der Waals surface area contributed by atoms with Crippen molar-refractivity contribution in [2.45, 2.75) is 44.8 Å². The second-order valence-electron chi connectivity index (χ2n) is 5.21. The van der Waals surface area contributed by atoms with Crippen molar-refractivity contribution < 1.29 is 9.50 Å². The number of nitrogens with zero attached hydrogens (tertiary/aromatic N) is 2. The van der Waals surface area contributed by atoms with Crippen LogP contribution in [0.3, 0.4) is 0 Å². The number of halogens is 1. The van der Waals surface area contributed by atoms with Gasteiger partial charge in [-0.1, -0.05) is 12.5 Å². The summed E-state index contributed by atoms with van der Waals surface area (Å²) in [5.74, 6) is -0.475. The molecule has 1 saturated heterocycles. The zero-order valence-corrected chi connectivity index (χ0v) is 11.1. The first kappa shape index (κ1) is 14.0. The number of aliphatic hydroxyl groups is 1. The third-order valence-electron chi connectivity index (χ3n) is 3.92. The maximum absolute atomic E-state index is 13.3. The van der Waals surface area contributed by atoms with Crippen molar-refractivity contribution in [3.8, 4) is 6.07 Å². The Kier molecular flexibility index (Phi) is 4.52. The smallest absolute Gasteiger partial charge is 0.140 e. The molecule has 1 aromatic rings. The maximum atomic E-state index is 13.3. The molecule has 1 aliphatic rings. The van der Waals surface area contributed by atoms with Crippen LogP contribution < -0.4 is 0 Å². The van der Waals surface area contributed by atoms with Crippen molar-refractivity contribution in [3.63, 3.8) is 0 Å². The molecule has 2 atom stereocenters. The summed E-state index contributed by atoms with van der Waals surface area (Å²) < 4.78 is 13.3. The lowest BCUT2D eigenvalue weighted by atomic mass is 9.96. The SMILES string of the molecule is C[C@H]1CCC[C@@H](CO)N1Cc1ccc(F)c(C#N)c1. The highest BCUT2D eigenvalue weighted by molar-refractivity contribution is 5.34. The van der Waals surface area contributed by atoms with Crippen LogP contribution in [0.4, 0.5) is 4.39 Å². The maximum Gasteiger partial charge on any atom is 0.140 e. The first-order chi connectivity index (χ1) is 9.15. The van der Waals surface area contributed by atoms with E-state index in [2.05, 4.69) is 11.8 Å². The number of nitriles is 1. The van der Waals surface area contributed by atoms with E-state index in [0.29, 0.717) is 12.6 Å². The van der Waals surface area contributed by atoms with E-state index in [1.54, 1.807) is 12.1 Å².